The van der Waals surface area contributed by atoms with E-state index in [9.17, 15) is 13.2 Å². The Balaban J connectivity index is 1.80. The molecule has 5 heteroatoms. The first-order valence-electron chi connectivity index (χ1n) is 6.36. The van der Waals surface area contributed by atoms with E-state index in [0.717, 1.165) is 42.3 Å². The van der Waals surface area contributed by atoms with Gasteiger partial charge in [0.2, 0.25) is 0 Å². The highest BCUT2D eigenvalue weighted by Gasteiger charge is 2.36. The highest BCUT2D eigenvalue weighted by Crippen LogP contribution is 2.47. The molecule has 0 spiro atoms. The van der Waals surface area contributed by atoms with Crippen molar-refractivity contribution in [2.45, 2.75) is 24.9 Å². The highest BCUT2D eigenvalue weighted by atomic mass is 19.4. The molecule has 0 bridgehead atoms. The smallest absolute Gasteiger partial charge is 0.241 e. The molecule has 1 aromatic heterocycles. The maximum atomic E-state index is 12.5. The van der Waals surface area contributed by atoms with Crippen LogP contribution >= 0.6 is 0 Å². The zero-order chi connectivity index (χ0) is 14.2. The predicted molar refractivity (Wildman–Crippen MR) is 67.8 cm³/mol. The molecule has 2 nitrogen and oxygen atoms in total. The molecular weight excluding hydrogens is 265 g/mol. The van der Waals surface area contributed by atoms with E-state index in [-0.39, 0.29) is 5.92 Å². The van der Waals surface area contributed by atoms with Crippen LogP contribution in [0.4, 0.5) is 13.2 Å². The summed E-state index contributed by atoms with van der Waals surface area (Å²) in [6.07, 6.45) is 0.912. The summed E-state index contributed by atoms with van der Waals surface area (Å²) < 4.78 is 37.6. The van der Waals surface area contributed by atoms with Crippen molar-refractivity contribution in [1.82, 2.24) is 9.97 Å². The summed E-state index contributed by atoms with van der Waals surface area (Å²) in [5.41, 5.74) is 0.232. The number of benzene rings is 1. The second-order valence-corrected chi connectivity index (χ2v) is 4.80. The highest BCUT2D eigenvalue weighted by molar-refractivity contribution is 5.41. The van der Waals surface area contributed by atoms with Crippen LogP contribution in [-0.2, 0) is 6.18 Å². The lowest BCUT2D eigenvalue weighted by Gasteiger charge is -2.35. The Morgan fingerprint density at radius 3 is 2.15 bits per heavy atom. The van der Waals surface area contributed by atoms with Crippen LogP contribution in [0.15, 0.2) is 42.7 Å². The number of rotatable bonds is 2. The third-order valence-corrected chi connectivity index (χ3v) is 3.60. The minimum absolute atomic E-state index is 0.132. The average Bonchev–Trinajstić information content (AvgIpc) is 2.38. The first-order chi connectivity index (χ1) is 9.55. The van der Waals surface area contributed by atoms with Crippen LogP contribution in [-0.4, -0.2) is 9.97 Å². The van der Waals surface area contributed by atoms with Crippen LogP contribution in [0.5, 0.6) is 0 Å². The molecule has 0 amide bonds. The van der Waals surface area contributed by atoms with Crippen molar-refractivity contribution in [3.05, 3.63) is 65.6 Å². The molecule has 1 saturated carbocycles. The van der Waals surface area contributed by atoms with Crippen molar-refractivity contribution in [3.63, 3.8) is 0 Å². The Morgan fingerprint density at radius 1 is 1.00 bits per heavy atom. The molecule has 1 aromatic carbocycles. The largest absolute Gasteiger partial charge is 0.416 e. The number of aromatic nitrogens is 2. The standard InChI is InChI=1S/C15H12F3N2/c16-15(17,18)11-4-2-10(3-5-11)12-6-7-13(12)14-19-8-1-9-20-14/h1-5,8-9,13H,6-7H2/t13-/m1/s1. The minimum Gasteiger partial charge on any atom is -0.241 e. The summed E-state index contributed by atoms with van der Waals surface area (Å²) in [5.74, 6) is 1.99. The van der Waals surface area contributed by atoms with Gasteiger partial charge >= 0.3 is 6.18 Å². The first kappa shape index (κ1) is 13.1. The summed E-state index contributed by atoms with van der Waals surface area (Å²) in [5, 5.41) is 0. The van der Waals surface area contributed by atoms with Gasteiger partial charge in [0, 0.05) is 24.2 Å². The van der Waals surface area contributed by atoms with Gasteiger partial charge in [-0.3, -0.25) is 0 Å². The molecule has 1 heterocycles. The summed E-state index contributed by atoms with van der Waals surface area (Å²) in [6, 6.07) is 7.08. The van der Waals surface area contributed by atoms with E-state index in [0.29, 0.717) is 0 Å². The van der Waals surface area contributed by atoms with Crippen LogP contribution in [0.2, 0.25) is 0 Å². The molecule has 0 N–H and O–H groups in total. The third kappa shape index (κ3) is 2.40. The number of alkyl halides is 3. The molecule has 103 valence electrons. The van der Waals surface area contributed by atoms with Crippen molar-refractivity contribution < 1.29 is 13.2 Å². The summed E-state index contributed by atoms with van der Waals surface area (Å²) >= 11 is 0. The van der Waals surface area contributed by atoms with Crippen molar-refractivity contribution in [2.24, 2.45) is 0 Å². The van der Waals surface area contributed by atoms with Gasteiger partial charge in [0.05, 0.1) is 5.56 Å². The Labute approximate surface area is 114 Å². The van der Waals surface area contributed by atoms with Gasteiger partial charge in [-0.2, -0.15) is 13.2 Å². The normalized spacial score (nSPS) is 19.6. The van der Waals surface area contributed by atoms with Crippen molar-refractivity contribution in [2.75, 3.05) is 0 Å². The lowest BCUT2D eigenvalue weighted by Crippen LogP contribution is -2.24. The zero-order valence-corrected chi connectivity index (χ0v) is 10.6. The lowest BCUT2D eigenvalue weighted by atomic mass is 9.69. The van der Waals surface area contributed by atoms with Gasteiger partial charge in [0.25, 0.3) is 0 Å². The molecule has 2 aromatic rings. The van der Waals surface area contributed by atoms with E-state index < -0.39 is 11.7 Å². The predicted octanol–water partition coefficient (Wildman–Crippen LogP) is 4.00. The van der Waals surface area contributed by atoms with Gasteiger partial charge in [-0.15, -0.1) is 0 Å². The van der Waals surface area contributed by atoms with Crippen LogP contribution in [0.3, 0.4) is 0 Å². The number of hydrogen-bond acceptors (Lipinski definition) is 2. The molecule has 20 heavy (non-hydrogen) atoms. The van der Waals surface area contributed by atoms with Crippen molar-refractivity contribution >= 4 is 0 Å². The van der Waals surface area contributed by atoms with Crippen LogP contribution in [0.1, 0.15) is 35.7 Å². The van der Waals surface area contributed by atoms with Crippen LogP contribution in [0.25, 0.3) is 0 Å². The molecule has 1 aliphatic carbocycles. The van der Waals surface area contributed by atoms with E-state index >= 15 is 0 Å². The summed E-state index contributed by atoms with van der Waals surface area (Å²) in [7, 11) is 0. The second kappa shape index (κ2) is 4.89. The molecule has 0 unspecified atom stereocenters. The van der Waals surface area contributed by atoms with Gasteiger partial charge in [-0.05, 0) is 36.6 Å². The van der Waals surface area contributed by atoms with Gasteiger partial charge in [-0.25, -0.2) is 9.97 Å². The number of halogens is 3. The van der Waals surface area contributed by atoms with E-state index in [2.05, 4.69) is 9.97 Å². The van der Waals surface area contributed by atoms with E-state index in [1.807, 2.05) is 0 Å². The van der Waals surface area contributed by atoms with Gasteiger partial charge in [-0.1, -0.05) is 12.1 Å². The SMILES string of the molecule is FC(F)(F)c1ccc([C]2CC[C@H]2c2ncccn2)cc1. The Bertz CT molecular complexity index is 578. The van der Waals surface area contributed by atoms with Gasteiger partial charge in [0.15, 0.2) is 0 Å². The Kier molecular flexibility index (Phi) is 3.20. The molecule has 1 aliphatic rings. The third-order valence-electron chi connectivity index (χ3n) is 3.60. The molecule has 0 aliphatic heterocycles. The molecule has 1 fully saturated rings. The fraction of sp³-hybridized carbons (Fsp3) is 0.267. The number of hydrogen-bond donors (Lipinski definition) is 0. The molecule has 1 radical (unpaired) electrons. The van der Waals surface area contributed by atoms with Crippen LogP contribution < -0.4 is 0 Å². The lowest BCUT2D eigenvalue weighted by molar-refractivity contribution is -0.137. The molecule has 1 atom stereocenters. The number of nitrogens with zero attached hydrogens (tertiary/aromatic N) is 2. The Hall–Kier alpha value is -1.91. The summed E-state index contributed by atoms with van der Waals surface area (Å²) in [4.78, 5) is 8.44. The first-order valence-corrected chi connectivity index (χ1v) is 6.36. The summed E-state index contributed by atoms with van der Waals surface area (Å²) in [6.45, 7) is 0. The maximum absolute atomic E-state index is 12.5. The van der Waals surface area contributed by atoms with E-state index in [4.69, 9.17) is 0 Å². The molecule has 3 rings (SSSR count). The quantitative estimate of drug-likeness (QED) is 0.829. The molecule has 0 saturated heterocycles. The minimum atomic E-state index is -4.29. The van der Waals surface area contributed by atoms with E-state index in [1.54, 1.807) is 18.5 Å². The van der Waals surface area contributed by atoms with Gasteiger partial charge < -0.3 is 0 Å². The van der Waals surface area contributed by atoms with E-state index in [1.165, 1.54) is 12.1 Å². The van der Waals surface area contributed by atoms with Crippen molar-refractivity contribution in [3.8, 4) is 0 Å². The topological polar surface area (TPSA) is 25.8 Å². The van der Waals surface area contributed by atoms with Crippen LogP contribution in [0, 0.1) is 5.92 Å². The van der Waals surface area contributed by atoms with Gasteiger partial charge in [0.1, 0.15) is 5.82 Å². The fourth-order valence-corrected chi connectivity index (χ4v) is 2.43. The molecular formula is C15H12F3N2. The average molecular weight is 277 g/mol. The second-order valence-electron chi connectivity index (χ2n) is 4.80. The zero-order valence-electron chi connectivity index (χ0n) is 10.6. The Morgan fingerprint density at radius 2 is 1.65 bits per heavy atom. The van der Waals surface area contributed by atoms with Crippen molar-refractivity contribution in [1.29, 1.82) is 0 Å². The maximum Gasteiger partial charge on any atom is 0.416 e. The fourth-order valence-electron chi connectivity index (χ4n) is 2.43. The monoisotopic (exact) mass is 277 g/mol.